The Morgan fingerprint density at radius 2 is 1.86 bits per heavy atom. The second-order valence-electron chi connectivity index (χ2n) is 6.68. The number of carboxylic acid groups (broad SMARTS) is 1. The number of aliphatic carboxylic acids is 1. The zero-order valence-electron chi connectivity index (χ0n) is 16.1. The number of fused-ring (bicyclic) bond motifs is 1. The topological polar surface area (TPSA) is 119 Å². The minimum absolute atomic E-state index is 0.0405. The monoisotopic (exact) mass is 390 g/mol. The van der Waals surface area contributed by atoms with Crippen LogP contribution < -0.4 is 10.6 Å². The van der Waals surface area contributed by atoms with Gasteiger partial charge in [0.25, 0.3) is 0 Å². The zero-order valence-corrected chi connectivity index (χ0v) is 16.1. The van der Waals surface area contributed by atoms with E-state index in [2.05, 4.69) is 10.6 Å². The Morgan fingerprint density at radius 1 is 1.18 bits per heavy atom. The van der Waals surface area contributed by atoms with Gasteiger partial charge in [0.15, 0.2) is 0 Å². The van der Waals surface area contributed by atoms with Gasteiger partial charge in [-0.1, -0.05) is 24.3 Å². The third-order valence-corrected chi connectivity index (χ3v) is 4.68. The first-order chi connectivity index (χ1) is 13.3. The number of nitrogens with one attached hydrogen (secondary N) is 2. The lowest BCUT2D eigenvalue weighted by Crippen LogP contribution is -2.51. The summed E-state index contributed by atoms with van der Waals surface area (Å²) in [6.07, 6.45) is 0.746. The minimum Gasteiger partial charge on any atom is -0.480 e. The van der Waals surface area contributed by atoms with E-state index in [1.54, 1.807) is 4.90 Å². The highest BCUT2D eigenvalue weighted by atomic mass is 16.4. The third-order valence-electron chi connectivity index (χ3n) is 4.68. The number of urea groups is 1. The molecular weight excluding hydrogens is 364 g/mol. The van der Waals surface area contributed by atoms with Crippen LogP contribution in [0.25, 0.3) is 0 Å². The molecule has 1 aromatic rings. The molecule has 0 aromatic heterocycles. The molecule has 1 aliphatic heterocycles. The van der Waals surface area contributed by atoms with Crippen LogP contribution in [-0.2, 0) is 27.3 Å². The molecule has 0 saturated heterocycles. The van der Waals surface area contributed by atoms with E-state index in [0.717, 1.165) is 16.9 Å². The lowest BCUT2D eigenvalue weighted by molar-refractivity contribution is -0.149. The predicted octanol–water partition coefficient (Wildman–Crippen LogP) is 0.192. The van der Waals surface area contributed by atoms with Crippen molar-refractivity contribution in [2.24, 2.45) is 0 Å². The van der Waals surface area contributed by atoms with Gasteiger partial charge in [-0.05, 0) is 24.5 Å². The quantitative estimate of drug-likeness (QED) is 0.614. The fraction of sp³-hybridized carbons (Fsp3) is 0.474. The van der Waals surface area contributed by atoms with E-state index in [9.17, 15) is 24.3 Å². The molecular formula is C19H26N4O5. The van der Waals surface area contributed by atoms with Crippen molar-refractivity contribution in [3.63, 3.8) is 0 Å². The maximum absolute atomic E-state index is 12.5. The maximum atomic E-state index is 12.5. The first-order valence-corrected chi connectivity index (χ1v) is 9.16. The van der Waals surface area contributed by atoms with Gasteiger partial charge in [0, 0.05) is 33.1 Å². The molecule has 152 valence electrons. The molecule has 3 N–H and O–H groups in total. The average Bonchev–Trinajstić information content (AvgIpc) is 2.68. The van der Waals surface area contributed by atoms with E-state index in [1.165, 1.54) is 19.4 Å². The second-order valence-corrected chi connectivity index (χ2v) is 6.68. The zero-order chi connectivity index (χ0) is 20.7. The van der Waals surface area contributed by atoms with Crippen molar-refractivity contribution in [2.45, 2.75) is 32.9 Å². The van der Waals surface area contributed by atoms with E-state index >= 15 is 0 Å². The Balaban J connectivity index is 1.91. The van der Waals surface area contributed by atoms with Crippen LogP contribution in [0, 0.1) is 0 Å². The summed E-state index contributed by atoms with van der Waals surface area (Å²) >= 11 is 0. The molecule has 0 fully saturated rings. The van der Waals surface area contributed by atoms with Crippen molar-refractivity contribution in [3.8, 4) is 0 Å². The standard InChI is InChI=1S/C19H26N4O5/c1-13(18(26)27)23(10-8-20-14(2)24)17(25)11-21-19(28)22-9-7-15-5-3-4-6-16(15)12-22/h3-6,13H,7-12H2,1-2H3,(H,20,24)(H,21,28)(H,26,27). The van der Waals surface area contributed by atoms with E-state index in [4.69, 9.17) is 0 Å². The maximum Gasteiger partial charge on any atom is 0.326 e. The first kappa shape index (κ1) is 21.2. The van der Waals surface area contributed by atoms with Crippen molar-refractivity contribution in [3.05, 3.63) is 35.4 Å². The Labute approximate surface area is 163 Å². The van der Waals surface area contributed by atoms with Crippen molar-refractivity contribution in [2.75, 3.05) is 26.2 Å². The lowest BCUT2D eigenvalue weighted by Gasteiger charge is -2.30. The van der Waals surface area contributed by atoms with Crippen molar-refractivity contribution < 1.29 is 24.3 Å². The number of amides is 4. The molecule has 0 saturated carbocycles. The summed E-state index contributed by atoms with van der Waals surface area (Å²) in [7, 11) is 0. The summed E-state index contributed by atoms with van der Waals surface area (Å²) in [5.74, 6) is -1.95. The molecule has 9 heteroatoms. The third kappa shape index (κ3) is 5.70. The van der Waals surface area contributed by atoms with Crippen LogP contribution in [0.5, 0.6) is 0 Å². The van der Waals surface area contributed by atoms with Gasteiger partial charge in [-0.15, -0.1) is 0 Å². The number of hydrogen-bond donors (Lipinski definition) is 3. The fourth-order valence-electron chi connectivity index (χ4n) is 3.05. The molecule has 1 heterocycles. The number of hydrogen-bond acceptors (Lipinski definition) is 4. The summed E-state index contributed by atoms with van der Waals surface area (Å²) in [5.41, 5.74) is 2.29. The summed E-state index contributed by atoms with van der Waals surface area (Å²) in [6.45, 7) is 3.60. The molecule has 4 amide bonds. The van der Waals surface area contributed by atoms with E-state index in [-0.39, 0.29) is 31.6 Å². The molecule has 9 nitrogen and oxygen atoms in total. The van der Waals surface area contributed by atoms with E-state index in [1.807, 2.05) is 24.3 Å². The highest BCUT2D eigenvalue weighted by molar-refractivity contribution is 5.87. The molecule has 0 aliphatic carbocycles. The fourth-order valence-corrected chi connectivity index (χ4v) is 3.05. The highest BCUT2D eigenvalue weighted by Gasteiger charge is 2.26. The van der Waals surface area contributed by atoms with Crippen LogP contribution in [0.1, 0.15) is 25.0 Å². The SMILES string of the molecule is CC(=O)NCCN(C(=O)CNC(=O)N1CCc2ccccc2C1)C(C)C(=O)O. The van der Waals surface area contributed by atoms with Crippen LogP contribution in [-0.4, -0.2) is 70.9 Å². The van der Waals surface area contributed by atoms with Crippen LogP contribution >= 0.6 is 0 Å². The minimum atomic E-state index is -1.16. The molecule has 1 aliphatic rings. The molecule has 28 heavy (non-hydrogen) atoms. The summed E-state index contributed by atoms with van der Waals surface area (Å²) < 4.78 is 0. The molecule has 0 radical (unpaired) electrons. The summed E-state index contributed by atoms with van der Waals surface area (Å²) in [4.78, 5) is 49.9. The van der Waals surface area contributed by atoms with E-state index in [0.29, 0.717) is 13.1 Å². The predicted molar refractivity (Wildman–Crippen MR) is 101 cm³/mol. The summed E-state index contributed by atoms with van der Waals surface area (Å²) in [6, 6.07) is 6.45. The Morgan fingerprint density at radius 3 is 2.50 bits per heavy atom. The van der Waals surface area contributed by atoms with Crippen LogP contribution in [0.15, 0.2) is 24.3 Å². The van der Waals surface area contributed by atoms with Crippen LogP contribution in [0.2, 0.25) is 0 Å². The first-order valence-electron chi connectivity index (χ1n) is 9.16. The number of rotatable bonds is 7. The van der Waals surface area contributed by atoms with E-state index < -0.39 is 17.9 Å². The van der Waals surface area contributed by atoms with Crippen LogP contribution in [0.4, 0.5) is 4.79 Å². The van der Waals surface area contributed by atoms with Gasteiger partial charge >= 0.3 is 12.0 Å². The number of benzene rings is 1. The Hall–Kier alpha value is -3.10. The largest absolute Gasteiger partial charge is 0.480 e. The second kappa shape index (κ2) is 9.72. The molecule has 0 spiro atoms. The number of carboxylic acids is 1. The van der Waals surface area contributed by atoms with Crippen molar-refractivity contribution in [1.29, 1.82) is 0 Å². The van der Waals surface area contributed by atoms with Gasteiger partial charge in [-0.2, -0.15) is 0 Å². The average molecular weight is 390 g/mol. The molecule has 1 atom stereocenters. The van der Waals surface area contributed by atoms with Crippen molar-refractivity contribution in [1.82, 2.24) is 20.4 Å². The van der Waals surface area contributed by atoms with Gasteiger partial charge in [0.2, 0.25) is 11.8 Å². The Bertz CT molecular complexity index is 752. The number of carbonyl (C=O) groups excluding carboxylic acids is 3. The van der Waals surface area contributed by atoms with Crippen molar-refractivity contribution >= 4 is 23.8 Å². The molecule has 1 aromatic carbocycles. The van der Waals surface area contributed by atoms with Crippen LogP contribution in [0.3, 0.4) is 0 Å². The van der Waals surface area contributed by atoms with Gasteiger partial charge in [-0.3, -0.25) is 9.59 Å². The van der Waals surface area contributed by atoms with Gasteiger partial charge in [0.1, 0.15) is 6.04 Å². The molecule has 1 unspecified atom stereocenters. The smallest absolute Gasteiger partial charge is 0.326 e. The highest BCUT2D eigenvalue weighted by Crippen LogP contribution is 2.18. The number of nitrogens with zero attached hydrogens (tertiary/aromatic N) is 2. The normalized spacial score (nSPS) is 13.9. The molecule has 2 rings (SSSR count). The molecule has 0 bridgehead atoms. The number of carbonyl (C=O) groups is 4. The summed E-state index contributed by atoms with van der Waals surface area (Å²) in [5, 5.41) is 14.3. The van der Waals surface area contributed by atoms with Gasteiger partial charge < -0.3 is 25.5 Å². The van der Waals surface area contributed by atoms with Gasteiger partial charge in [0.05, 0.1) is 6.54 Å². The van der Waals surface area contributed by atoms with Gasteiger partial charge in [-0.25, -0.2) is 9.59 Å². The lowest BCUT2D eigenvalue weighted by atomic mass is 10.0. The Kier molecular flexibility index (Phi) is 7.36.